The molecule has 0 bridgehead atoms. The maximum atomic E-state index is 11.9. The molecule has 0 aromatic heterocycles. The predicted molar refractivity (Wildman–Crippen MR) is 64.5 cm³/mol. The highest BCUT2D eigenvalue weighted by molar-refractivity contribution is 5.68. The zero-order valence-corrected chi connectivity index (χ0v) is 11.0. The van der Waals surface area contributed by atoms with Crippen molar-refractivity contribution in [2.45, 2.75) is 58.7 Å². The number of piperazine rings is 1. The van der Waals surface area contributed by atoms with E-state index in [2.05, 4.69) is 19.2 Å². The number of carbonyl (C=O) groups is 1. The number of amides is 1. The summed E-state index contributed by atoms with van der Waals surface area (Å²) in [5, 5.41) is 3.46. The van der Waals surface area contributed by atoms with Crippen molar-refractivity contribution in [3.05, 3.63) is 0 Å². The fraction of sp³-hybridized carbons (Fsp3) is 0.917. The lowest BCUT2D eigenvalue weighted by Gasteiger charge is -2.37. The number of rotatable bonds is 1. The number of carbonyl (C=O) groups excluding carboxylic acids is 1. The predicted octanol–water partition coefficient (Wildman–Crippen LogP) is 1.99. The Labute approximate surface area is 98.3 Å². The summed E-state index contributed by atoms with van der Waals surface area (Å²) < 4.78 is 5.38. The van der Waals surface area contributed by atoms with Gasteiger partial charge in [0, 0.05) is 25.2 Å². The summed E-state index contributed by atoms with van der Waals surface area (Å²) in [6, 6.07) is 0.725. The Morgan fingerprint density at radius 2 is 2.06 bits per heavy atom. The monoisotopic (exact) mass is 228 g/mol. The number of ether oxygens (including phenoxy) is 1. The zero-order valence-electron chi connectivity index (χ0n) is 11.0. The third kappa shape index (κ3) is 4.00. The minimum Gasteiger partial charge on any atom is -0.444 e. The molecule has 1 saturated heterocycles. The molecule has 94 valence electrons. The van der Waals surface area contributed by atoms with Crippen LogP contribution in [0.25, 0.3) is 0 Å². The lowest BCUT2D eigenvalue weighted by atomic mass is 10.1. The Bertz CT molecular complexity index is 248. The third-order valence-electron chi connectivity index (χ3n) is 2.60. The molecule has 0 saturated carbocycles. The van der Waals surface area contributed by atoms with Crippen LogP contribution < -0.4 is 5.32 Å². The first-order valence-electron chi connectivity index (χ1n) is 6.05. The van der Waals surface area contributed by atoms with Crippen LogP contribution in [0.4, 0.5) is 4.79 Å². The van der Waals surface area contributed by atoms with E-state index in [1.165, 1.54) is 0 Å². The van der Waals surface area contributed by atoms with Crippen molar-refractivity contribution in [1.82, 2.24) is 10.2 Å². The van der Waals surface area contributed by atoms with Gasteiger partial charge in [0.15, 0.2) is 0 Å². The molecule has 0 radical (unpaired) electrons. The maximum Gasteiger partial charge on any atom is 0.410 e. The van der Waals surface area contributed by atoms with E-state index in [4.69, 9.17) is 4.74 Å². The van der Waals surface area contributed by atoms with Crippen molar-refractivity contribution in [2.24, 2.45) is 0 Å². The largest absolute Gasteiger partial charge is 0.444 e. The summed E-state index contributed by atoms with van der Waals surface area (Å²) >= 11 is 0. The smallest absolute Gasteiger partial charge is 0.410 e. The Kier molecular flexibility index (Phi) is 4.19. The number of hydrogen-bond acceptors (Lipinski definition) is 3. The van der Waals surface area contributed by atoms with Crippen molar-refractivity contribution in [3.63, 3.8) is 0 Å². The molecule has 16 heavy (non-hydrogen) atoms. The molecule has 4 heteroatoms. The van der Waals surface area contributed by atoms with Gasteiger partial charge in [-0.05, 0) is 34.1 Å². The first kappa shape index (κ1) is 13.3. The van der Waals surface area contributed by atoms with Crippen LogP contribution in [0, 0.1) is 0 Å². The fourth-order valence-corrected chi connectivity index (χ4v) is 1.90. The summed E-state index contributed by atoms with van der Waals surface area (Å²) in [4.78, 5) is 13.7. The molecule has 1 rings (SSSR count). The van der Waals surface area contributed by atoms with Gasteiger partial charge in [0.05, 0.1) is 0 Å². The number of nitrogens with zero attached hydrogens (tertiary/aromatic N) is 1. The molecule has 1 heterocycles. The average Bonchev–Trinajstić information content (AvgIpc) is 2.14. The number of hydrogen-bond donors (Lipinski definition) is 1. The quantitative estimate of drug-likeness (QED) is 0.746. The normalized spacial score (nSPS) is 26.7. The SMILES string of the molecule is CCC1CN(C(=O)OC(C)(C)C)C[C@@H](C)N1. The van der Waals surface area contributed by atoms with Crippen molar-refractivity contribution in [2.75, 3.05) is 13.1 Å². The zero-order chi connectivity index (χ0) is 12.3. The van der Waals surface area contributed by atoms with Gasteiger partial charge < -0.3 is 15.0 Å². The molecule has 1 aliphatic heterocycles. The lowest BCUT2D eigenvalue weighted by Crippen LogP contribution is -2.57. The second-order valence-electron chi connectivity index (χ2n) is 5.56. The summed E-state index contributed by atoms with van der Waals surface area (Å²) in [6.45, 7) is 11.4. The standard InChI is InChI=1S/C12H24N2O2/c1-6-10-8-14(7-9(2)13-10)11(15)16-12(3,4)5/h9-10,13H,6-8H2,1-5H3/t9-,10?/m1/s1. The summed E-state index contributed by atoms with van der Waals surface area (Å²) in [6.07, 6.45) is 0.836. The summed E-state index contributed by atoms with van der Waals surface area (Å²) in [5.41, 5.74) is -0.410. The topological polar surface area (TPSA) is 41.6 Å². The van der Waals surface area contributed by atoms with Crippen LogP contribution in [-0.2, 0) is 4.74 Å². The van der Waals surface area contributed by atoms with Crippen LogP contribution in [0.15, 0.2) is 0 Å². The second kappa shape index (κ2) is 5.04. The van der Waals surface area contributed by atoms with Gasteiger partial charge in [-0.2, -0.15) is 0 Å². The molecule has 0 aliphatic carbocycles. The van der Waals surface area contributed by atoms with E-state index in [9.17, 15) is 4.79 Å². The van der Waals surface area contributed by atoms with Crippen LogP contribution in [0.3, 0.4) is 0 Å². The van der Waals surface area contributed by atoms with E-state index in [0.29, 0.717) is 12.1 Å². The molecule has 1 amide bonds. The lowest BCUT2D eigenvalue weighted by molar-refractivity contribution is 0.0158. The van der Waals surface area contributed by atoms with Crippen LogP contribution >= 0.6 is 0 Å². The Hall–Kier alpha value is -0.770. The van der Waals surface area contributed by atoms with Crippen LogP contribution in [0.2, 0.25) is 0 Å². The first-order valence-corrected chi connectivity index (χ1v) is 6.05. The fourth-order valence-electron chi connectivity index (χ4n) is 1.90. The molecule has 1 aliphatic rings. The van der Waals surface area contributed by atoms with E-state index < -0.39 is 5.60 Å². The highest BCUT2D eigenvalue weighted by Crippen LogP contribution is 2.13. The molecule has 1 unspecified atom stereocenters. The van der Waals surface area contributed by atoms with Crippen LogP contribution in [-0.4, -0.2) is 41.8 Å². The van der Waals surface area contributed by atoms with Crippen LogP contribution in [0.1, 0.15) is 41.0 Å². The Balaban J connectivity index is 2.55. The second-order valence-corrected chi connectivity index (χ2v) is 5.56. The van der Waals surface area contributed by atoms with Gasteiger partial charge in [-0.15, -0.1) is 0 Å². The van der Waals surface area contributed by atoms with Crippen molar-refractivity contribution < 1.29 is 9.53 Å². The van der Waals surface area contributed by atoms with Crippen molar-refractivity contribution >= 4 is 6.09 Å². The van der Waals surface area contributed by atoms with Gasteiger partial charge in [-0.3, -0.25) is 0 Å². The average molecular weight is 228 g/mol. The van der Waals surface area contributed by atoms with Gasteiger partial charge in [0.1, 0.15) is 5.60 Å². The molecule has 1 fully saturated rings. The summed E-state index contributed by atoms with van der Waals surface area (Å²) in [7, 11) is 0. The molecule has 0 spiro atoms. The first-order chi connectivity index (χ1) is 7.31. The van der Waals surface area contributed by atoms with Crippen molar-refractivity contribution in [1.29, 1.82) is 0 Å². The van der Waals surface area contributed by atoms with Gasteiger partial charge in [-0.1, -0.05) is 6.92 Å². The molecular formula is C12H24N2O2. The third-order valence-corrected chi connectivity index (χ3v) is 2.60. The summed E-state index contributed by atoms with van der Waals surface area (Å²) in [5.74, 6) is 0. The maximum absolute atomic E-state index is 11.9. The molecule has 1 N–H and O–H groups in total. The Morgan fingerprint density at radius 3 is 2.56 bits per heavy atom. The van der Waals surface area contributed by atoms with Gasteiger partial charge in [0.2, 0.25) is 0 Å². The number of nitrogens with one attached hydrogen (secondary N) is 1. The van der Waals surface area contributed by atoms with Crippen molar-refractivity contribution in [3.8, 4) is 0 Å². The minimum atomic E-state index is -0.410. The van der Waals surface area contributed by atoms with E-state index in [1.54, 1.807) is 4.90 Å². The molecule has 2 atom stereocenters. The van der Waals surface area contributed by atoms with Gasteiger partial charge in [-0.25, -0.2) is 4.79 Å². The Morgan fingerprint density at radius 1 is 1.44 bits per heavy atom. The van der Waals surface area contributed by atoms with Gasteiger partial charge in [0.25, 0.3) is 0 Å². The van der Waals surface area contributed by atoms with E-state index in [1.807, 2.05) is 20.8 Å². The molecule has 0 aromatic rings. The van der Waals surface area contributed by atoms with E-state index in [-0.39, 0.29) is 6.09 Å². The highest BCUT2D eigenvalue weighted by atomic mass is 16.6. The minimum absolute atomic E-state index is 0.195. The molecular weight excluding hydrogens is 204 g/mol. The van der Waals surface area contributed by atoms with E-state index >= 15 is 0 Å². The highest BCUT2D eigenvalue weighted by Gasteiger charge is 2.29. The van der Waals surface area contributed by atoms with E-state index in [0.717, 1.165) is 19.5 Å². The molecule has 4 nitrogen and oxygen atoms in total. The van der Waals surface area contributed by atoms with Crippen LogP contribution in [0.5, 0.6) is 0 Å². The van der Waals surface area contributed by atoms with Gasteiger partial charge >= 0.3 is 6.09 Å². The molecule has 0 aromatic carbocycles.